The summed E-state index contributed by atoms with van der Waals surface area (Å²) in [4.78, 5) is 0. The first kappa shape index (κ1) is 17.3. The first-order valence-corrected chi connectivity index (χ1v) is 8.94. The molecule has 3 heteroatoms. The average molecular weight is 360 g/mol. The molecule has 0 bridgehead atoms. The van der Waals surface area contributed by atoms with Gasteiger partial charge in [0, 0.05) is 11.1 Å². The molecule has 0 aromatic heterocycles. The summed E-state index contributed by atoms with van der Waals surface area (Å²) >= 11 is 0. The van der Waals surface area contributed by atoms with E-state index in [4.69, 9.17) is 0 Å². The van der Waals surface area contributed by atoms with Crippen LogP contribution in [0.15, 0.2) is 60.7 Å². The van der Waals surface area contributed by atoms with Crippen molar-refractivity contribution in [2.45, 2.75) is 26.4 Å². The molecule has 0 amide bonds. The molecule has 0 saturated heterocycles. The van der Waals surface area contributed by atoms with Crippen molar-refractivity contribution in [3.05, 3.63) is 88.5 Å². The summed E-state index contributed by atoms with van der Waals surface area (Å²) in [7, 11) is 0. The van der Waals surface area contributed by atoms with Gasteiger partial charge in [0.25, 0.3) is 0 Å². The predicted molar refractivity (Wildman–Crippen MR) is 103 cm³/mol. The summed E-state index contributed by atoms with van der Waals surface area (Å²) in [5.41, 5.74) is 8.34. The lowest BCUT2D eigenvalue weighted by Gasteiger charge is -2.03. The summed E-state index contributed by atoms with van der Waals surface area (Å²) in [5.74, 6) is 6.38. The van der Waals surface area contributed by atoms with E-state index >= 15 is 0 Å². The van der Waals surface area contributed by atoms with E-state index in [0.29, 0.717) is 0 Å². The fourth-order valence-electron chi connectivity index (χ4n) is 3.43. The highest BCUT2D eigenvalue weighted by atomic mass is 19.3. The van der Waals surface area contributed by atoms with E-state index in [1.54, 1.807) is 12.1 Å². The minimum atomic E-state index is -2.81. The number of aryl methyl sites for hydroxylation is 1. The van der Waals surface area contributed by atoms with E-state index in [2.05, 4.69) is 53.8 Å². The molecule has 0 radical (unpaired) electrons. The number of alkyl halides is 2. The van der Waals surface area contributed by atoms with Crippen LogP contribution < -0.4 is 4.74 Å². The van der Waals surface area contributed by atoms with Crippen LogP contribution in [0.5, 0.6) is 5.75 Å². The van der Waals surface area contributed by atoms with Gasteiger partial charge in [0.1, 0.15) is 5.75 Å². The second kappa shape index (κ2) is 7.25. The van der Waals surface area contributed by atoms with Crippen molar-refractivity contribution in [1.82, 2.24) is 0 Å². The van der Waals surface area contributed by atoms with E-state index in [9.17, 15) is 8.78 Å². The largest absolute Gasteiger partial charge is 0.435 e. The lowest BCUT2D eigenvalue weighted by atomic mass is 10.0. The van der Waals surface area contributed by atoms with Crippen LogP contribution in [0.25, 0.3) is 11.1 Å². The van der Waals surface area contributed by atoms with Crippen molar-refractivity contribution in [2.24, 2.45) is 0 Å². The van der Waals surface area contributed by atoms with Crippen molar-refractivity contribution in [3.63, 3.8) is 0 Å². The molecule has 1 nitrogen and oxygen atoms in total. The second-order valence-corrected chi connectivity index (χ2v) is 6.55. The Morgan fingerprint density at radius 1 is 0.852 bits per heavy atom. The fraction of sp³-hybridized carbons (Fsp3) is 0.167. The molecule has 0 saturated carbocycles. The Kier molecular flexibility index (Phi) is 4.64. The van der Waals surface area contributed by atoms with Crippen molar-refractivity contribution in [1.29, 1.82) is 0 Å². The standard InChI is InChI=1S/C24H18F2O/c1-2-16-7-11-22-19(13-16)15-20-14-18(8-12-23(20)22)4-3-17-5-9-21(10-6-17)27-24(25)26/h5-14,24H,2,15H2,1H3. The number of fused-ring (bicyclic) bond motifs is 3. The molecule has 1 aliphatic carbocycles. The van der Waals surface area contributed by atoms with Gasteiger partial charge >= 0.3 is 6.61 Å². The Hall–Kier alpha value is -3.12. The summed E-state index contributed by atoms with van der Waals surface area (Å²) in [6.07, 6.45) is 1.98. The zero-order valence-electron chi connectivity index (χ0n) is 14.9. The number of benzene rings is 3. The van der Waals surface area contributed by atoms with Gasteiger partial charge < -0.3 is 4.74 Å². The van der Waals surface area contributed by atoms with E-state index < -0.39 is 6.61 Å². The Morgan fingerprint density at radius 3 is 2.19 bits per heavy atom. The lowest BCUT2D eigenvalue weighted by Crippen LogP contribution is -2.01. The second-order valence-electron chi connectivity index (χ2n) is 6.55. The third kappa shape index (κ3) is 3.71. The van der Waals surface area contributed by atoms with Gasteiger partial charge in [-0.25, -0.2) is 0 Å². The number of ether oxygens (including phenoxy) is 1. The average Bonchev–Trinajstić information content (AvgIpc) is 3.03. The third-order valence-corrected chi connectivity index (χ3v) is 4.78. The predicted octanol–water partition coefficient (Wildman–Crippen LogP) is 5.82. The molecule has 0 atom stereocenters. The van der Waals surface area contributed by atoms with Crippen LogP contribution in [0.4, 0.5) is 8.78 Å². The normalized spacial score (nSPS) is 11.6. The van der Waals surface area contributed by atoms with Crippen molar-refractivity contribution in [3.8, 4) is 28.7 Å². The quantitative estimate of drug-likeness (QED) is 0.418. The van der Waals surface area contributed by atoms with Gasteiger partial charge in [0.05, 0.1) is 0 Å². The molecular formula is C24H18F2O. The van der Waals surface area contributed by atoms with Crippen LogP contribution in [-0.4, -0.2) is 6.61 Å². The van der Waals surface area contributed by atoms with Crippen molar-refractivity contribution >= 4 is 0 Å². The minimum absolute atomic E-state index is 0.136. The Labute approximate surface area is 157 Å². The van der Waals surface area contributed by atoms with E-state index in [-0.39, 0.29) is 5.75 Å². The topological polar surface area (TPSA) is 9.23 Å². The van der Waals surface area contributed by atoms with Crippen LogP contribution >= 0.6 is 0 Å². The molecule has 0 fully saturated rings. The Balaban J connectivity index is 1.55. The molecule has 134 valence electrons. The zero-order chi connectivity index (χ0) is 18.8. The maximum atomic E-state index is 12.2. The molecule has 0 heterocycles. The fourth-order valence-corrected chi connectivity index (χ4v) is 3.43. The van der Waals surface area contributed by atoms with Gasteiger partial charge in [-0.3, -0.25) is 0 Å². The molecule has 0 unspecified atom stereocenters. The maximum Gasteiger partial charge on any atom is 0.387 e. The highest BCUT2D eigenvalue weighted by Gasteiger charge is 2.18. The monoisotopic (exact) mass is 360 g/mol. The van der Waals surface area contributed by atoms with Crippen LogP contribution in [-0.2, 0) is 12.8 Å². The highest BCUT2D eigenvalue weighted by Crippen LogP contribution is 2.37. The number of hydrogen-bond acceptors (Lipinski definition) is 1. The molecule has 0 N–H and O–H groups in total. The third-order valence-electron chi connectivity index (χ3n) is 4.78. The van der Waals surface area contributed by atoms with Gasteiger partial charge in [0.2, 0.25) is 0 Å². The van der Waals surface area contributed by atoms with Crippen molar-refractivity contribution < 1.29 is 13.5 Å². The van der Waals surface area contributed by atoms with Gasteiger partial charge in [-0.05, 0) is 77.1 Å². The molecular weight excluding hydrogens is 342 g/mol. The van der Waals surface area contributed by atoms with E-state index in [0.717, 1.165) is 24.0 Å². The van der Waals surface area contributed by atoms with Crippen LogP contribution in [0, 0.1) is 11.8 Å². The van der Waals surface area contributed by atoms with Crippen LogP contribution in [0.2, 0.25) is 0 Å². The minimum Gasteiger partial charge on any atom is -0.435 e. The first-order valence-electron chi connectivity index (χ1n) is 8.94. The molecule has 4 rings (SSSR count). The Bertz CT molecular complexity index is 1040. The number of hydrogen-bond donors (Lipinski definition) is 0. The molecule has 3 aromatic carbocycles. The number of rotatable bonds is 3. The van der Waals surface area contributed by atoms with Crippen molar-refractivity contribution in [2.75, 3.05) is 0 Å². The van der Waals surface area contributed by atoms with E-state index in [1.165, 1.54) is 39.9 Å². The SMILES string of the molecule is CCc1ccc2c(c1)Cc1cc(C#Cc3ccc(OC(F)F)cc3)ccc1-2. The van der Waals surface area contributed by atoms with Gasteiger partial charge in [-0.15, -0.1) is 0 Å². The smallest absolute Gasteiger partial charge is 0.387 e. The zero-order valence-corrected chi connectivity index (χ0v) is 14.9. The van der Waals surface area contributed by atoms with E-state index in [1.807, 2.05) is 6.07 Å². The summed E-state index contributed by atoms with van der Waals surface area (Å²) in [5, 5.41) is 0. The lowest BCUT2D eigenvalue weighted by molar-refractivity contribution is -0.0498. The molecule has 27 heavy (non-hydrogen) atoms. The summed E-state index contributed by atoms with van der Waals surface area (Å²) < 4.78 is 28.7. The van der Waals surface area contributed by atoms with Gasteiger partial charge in [0.15, 0.2) is 0 Å². The molecule has 1 aliphatic rings. The van der Waals surface area contributed by atoms with Crippen LogP contribution in [0.3, 0.4) is 0 Å². The molecule has 0 aliphatic heterocycles. The van der Waals surface area contributed by atoms with Gasteiger partial charge in [-0.2, -0.15) is 8.78 Å². The Morgan fingerprint density at radius 2 is 1.48 bits per heavy atom. The van der Waals surface area contributed by atoms with Crippen LogP contribution in [0.1, 0.15) is 34.7 Å². The summed E-state index contributed by atoms with van der Waals surface area (Å²) in [6, 6.07) is 19.4. The summed E-state index contributed by atoms with van der Waals surface area (Å²) in [6.45, 7) is -0.644. The first-order chi connectivity index (χ1) is 13.1. The molecule has 0 spiro atoms. The highest BCUT2D eigenvalue weighted by molar-refractivity contribution is 5.77. The number of halogens is 2. The molecule has 3 aromatic rings. The maximum absolute atomic E-state index is 12.2. The van der Waals surface area contributed by atoms with Gasteiger partial charge in [-0.1, -0.05) is 43.0 Å².